The Labute approximate surface area is 131 Å². The third-order valence-electron chi connectivity index (χ3n) is 2.98. The van der Waals surface area contributed by atoms with Gasteiger partial charge in [0.1, 0.15) is 0 Å². The van der Waals surface area contributed by atoms with Gasteiger partial charge >= 0.3 is 0 Å². The van der Waals surface area contributed by atoms with Crippen LogP contribution in [-0.4, -0.2) is 23.0 Å². The number of hydrogen-bond acceptors (Lipinski definition) is 4. The van der Waals surface area contributed by atoms with Crippen LogP contribution in [0, 0.1) is 0 Å². The second-order valence-electron chi connectivity index (χ2n) is 4.57. The average molecular weight is 312 g/mol. The van der Waals surface area contributed by atoms with Gasteiger partial charge in [-0.1, -0.05) is 37.3 Å². The molecule has 2 aromatic rings. The molecule has 5 heteroatoms. The fourth-order valence-electron chi connectivity index (χ4n) is 2.05. The van der Waals surface area contributed by atoms with Gasteiger partial charge in [0.2, 0.25) is 0 Å². The first kappa shape index (κ1) is 17.1. The van der Waals surface area contributed by atoms with E-state index in [0.717, 1.165) is 31.7 Å². The van der Waals surface area contributed by atoms with E-state index in [1.165, 1.54) is 10.6 Å². The normalized spacial score (nSPS) is 10.6. The zero-order valence-electron chi connectivity index (χ0n) is 11.8. The summed E-state index contributed by atoms with van der Waals surface area (Å²) >= 11 is 1.75. The first-order chi connectivity index (χ1) is 9.31. The van der Waals surface area contributed by atoms with Crippen LogP contribution in [0.3, 0.4) is 0 Å². The van der Waals surface area contributed by atoms with Crippen molar-refractivity contribution in [2.24, 2.45) is 5.73 Å². The average Bonchev–Trinajstić information content (AvgIpc) is 2.88. The Morgan fingerprint density at radius 1 is 1.20 bits per heavy atom. The van der Waals surface area contributed by atoms with Crippen LogP contribution < -0.4 is 5.73 Å². The van der Waals surface area contributed by atoms with Gasteiger partial charge in [0.05, 0.1) is 10.7 Å². The van der Waals surface area contributed by atoms with Crippen LogP contribution in [0.25, 0.3) is 0 Å². The van der Waals surface area contributed by atoms with Gasteiger partial charge in [-0.2, -0.15) is 0 Å². The number of nitrogens with two attached hydrogens (primary N) is 1. The van der Waals surface area contributed by atoms with Crippen LogP contribution >= 0.6 is 23.7 Å². The minimum absolute atomic E-state index is 0. The molecule has 0 aliphatic rings. The topological polar surface area (TPSA) is 42.2 Å². The molecule has 0 unspecified atom stereocenters. The van der Waals surface area contributed by atoms with Gasteiger partial charge in [-0.05, 0) is 12.0 Å². The van der Waals surface area contributed by atoms with Gasteiger partial charge in [-0.25, -0.2) is 4.98 Å². The lowest BCUT2D eigenvalue weighted by atomic mass is 10.2. The highest BCUT2D eigenvalue weighted by Crippen LogP contribution is 2.14. The molecule has 0 amide bonds. The Morgan fingerprint density at radius 2 is 1.95 bits per heavy atom. The minimum Gasteiger partial charge on any atom is -0.329 e. The van der Waals surface area contributed by atoms with E-state index in [-0.39, 0.29) is 12.4 Å². The SMILES string of the molecule is CCc1nc(CN(CCN)Cc2ccccc2)cs1.Cl. The molecule has 0 saturated heterocycles. The summed E-state index contributed by atoms with van der Waals surface area (Å²) in [6, 6.07) is 10.5. The minimum atomic E-state index is 0. The highest BCUT2D eigenvalue weighted by Gasteiger charge is 2.08. The molecule has 2 rings (SSSR count). The molecule has 20 heavy (non-hydrogen) atoms. The van der Waals surface area contributed by atoms with E-state index in [9.17, 15) is 0 Å². The fraction of sp³-hybridized carbons (Fsp3) is 0.400. The van der Waals surface area contributed by atoms with Crippen molar-refractivity contribution in [3.05, 3.63) is 52.0 Å². The van der Waals surface area contributed by atoms with Crippen LogP contribution in [0.15, 0.2) is 35.7 Å². The summed E-state index contributed by atoms with van der Waals surface area (Å²) < 4.78 is 0. The number of thiazole rings is 1. The third-order valence-corrected chi connectivity index (χ3v) is 4.02. The Kier molecular flexibility index (Phi) is 7.77. The summed E-state index contributed by atoms with van der Waals surface area (Å²) in [4.78, 5) is 6.98. The second kappa shape index (κ2) is 9.08. The lowest BCUT2D eigenvalue weighted by Gasteiger charge is -2.20. The van der Waals surface area contributed by atoms with Crippen LogP contribution in [0.5, 0.6) is 0 Å². The number of halogens is 1. The van der Waals surface area contributed by atoms with Gasteiger partial charge in [-0.15, -0.1) is 23.7 Å². The molecule has 1 heterocycles. The molecule has 0 radical (unpaired) electrons. The summed E-state index contributed by atoms with van der Waals surface area (Å²) in [7, 11) is 0. The van der Waals surface area contributed by atoms with Crippen LogP contribution in [-0.2, 0) is 19.5 Å². The highest BCUT2D eigenvalue weighted by atomic mass is 35.5. The van der Waals surface area contributed by atoms with Crippen LogP contribution in [0.4, 0.5) is 0 Å². The van der Waals surface area contributed by atoms with E-state index in [1.54, 1.807) is 11.3 Å². The van der Waals surface area contributed by atoms with Crippen molar-refractivity contribution >= 4 is 23.7 Å². The largest absolute Gasteiger partial charge is 0.329 e. The monoisotopic (exact) mass is 311 g/mol. The molecular weight excluding hydrogens is 290 g/mol. The van der Waals surface area contributed by atoms with Crippen molar-refractivity contribution in [2.45, 2.75) is 26.4 Å². The predicted octanol–water partition coefficient (Wildman–Crippen LogP) is 3.09. The number of aryl methyl sites for hydroxylation is 1. The Balaban J connectivity index is 0.00000200. The lowest BCUT2D eigenvalue weighted by molar-refractivity contribution is 0.261. The third kappa shape index (κ3) is 5.21. The van der Waals surface area contributed by atoms with Gasteiger partial charge < -0.3 is 5.73 Å². The summed E-state index contributed by atoms with van der Waals surface area (Å²) in [6.45, 7) is 5.52. The summed E-state index contributed by atoms with van der Waals surface area (Å²) in [5.74, 6) is 0. The van der Waals surface area contributed by atoms with Crippen molar-refractivity contribution in [1.29, 1.82) is 0 Å². The number of hydrogen-bond donors (Lipinski definition) is 1. The molecule has 3 nitrogen and oxygen atoms in total. The van der Waals surface area contributed by atoms with Crippen molar-refractivity contribution in [1.82, 2.24) is 9.88 Å². The Bertz CT molecular complexity index is 487. The maximum absolute atomic E-state index is 5.71. The van der Waals surface area contributed by atoms with E-state index >= 15 is 0 Å². The summed E-state index contributed by atoms with van der Waals surface area (Å²) in [5.41, 5.74) is 8.19. The molecule has 0 fully saturated rings. The molecule has 0 aliphatic carbocycles. The van der Waals surface area contributed by atoms with E-state index in [4.69, 9.17) is 5.73 Å². The van der Waals surface area contributed by atoms with Crippen molar-refractivity contribution < 1.29 is 0 Å². The van der Waals surface area contributed by atoms with E-state index in [1.807, 2.05) is 6.07 Å². The smallest absolute Gasteiger partial charge is 0.0926 e. The van der Waals surface area contributed by atoms with Gasteiger partial charge in [-0.3, -0.25) is 4.90 Å². The molecule has 110 valence electrons. The zero-order valence-corrected chi connectivity index (χ0v) is 13.4. The van der Waals surface area contributed by atoms with Gasteiger partial charge in [0.15, 0.2) is 0 Å². The Morgan fingerprint density at radius 3 is 2.55 bits per heavy atom. The first-order valence-corrected chi connectivity index (χ1v) is 7.59. The van der Waals surface area contributed by atoms with Gasteiger partial charge in [0, 0.05) is 31.6 Å². The number of aromatic nitrogens is 1. The second-order valence-corrected chi connectivity index (χ2v) is 5.51. The lowest BCUT2D eigenvalue weighted by Crippen LogP contribution is -2.28. The van der Waals surface area contributed by atoms with Crippen molar-refractivity contribution in [3.8, 4) is 0 Å². The molecule has 0 aliphatic heterocycles. The molecule has 1 aromatic heterocycles. The quantitative estimate of drug-likeness (QED) is 0.854. The summed E-state index contributed by atoms with van der Waals surface area (Å²) in [6.07, 6.45) is 1.01. The van der Waals surface area contributed by atoms with Gasteiger partial charge in [0.25, 0.3) is 0 Å². The zero-order chi connectivity index (χ0) is 13.5. The maximum atomic E-state index is 5.71. The fourth-order valence-corrected chi connectivity index (χ4v) is 2.79. The highest BCUT2D eigenvalue weighted by molar-refractivity contribution is 7.09. The van der Waals surface area contributed by atoms with E-state index in [2.05, 4.69) is 46.5 Å². The molecule has 2 N–H and O–H groups in total. The number of nitrogens with zero attached hydrogens (tertiary/aromatic N) is 2. The molecule has 0 saturated carbocycles. The molecule has 0 atom stereocenters. The standard InChI is InChI=1S/C15H21N3S.ClH/c1-2-15-17-14(12-19-15)11-18(9-8-16)10-13-6-4-3-5-7-13;/h3-7,12H,2,8-11,16H2,1H3;1H. The molecular formula is C15H22ClN3S. The molecule has 1 aromatic carbocycles. The number of rotatable bonds is 7. The molecule has 0 spiro atoms. The first-order valence-electron chi connectivity index (χ1n) is 6.71. The Hall–Kier alpha value is -0.940. The predicted molar refractivity (Wildman–Crippen MR) is 88.4 cm³/mol. The van der Waals surface area contributed by atoms with Crippen LogP contribution in [0.2, 0.25) is 0 Å². The van der Waals surface area contributed by atoms with E-state index < -0.39 is 0 Å². The van der Waals surface area contributed by atoms with Crippen molar-refractivity contribution in [3.63, 3.8) is 0 Å². The summed E-state index contributed by atoms with van der Waals surface area (Å²) in [5, 5.41) is 3.37. The van der Waals surface area contributed by atoms with E-state index in [0.29, 0.717) is 6.54 Å². The van der Waals surface area contributed by atoms with Crippen LogP contribution in [0.1, 0.15) is 23.2 Å². The van der Waals surface area contributed by atoms with Crippen molar-refractivity contribution in [2.75, 3.05) is 13.1 Å². The molecule has 0 bridgehead atoms. The number of benzene rings is 1. The maximum Gasteiger partial charge on any atom is 0.0926 e.